The molecule has 0 aliphatic rings. The third-order valence-corrected chi connectivity index (χ3v) is 4.22. The Bertz CT molecular complexity index is 722. The molecule has 0 fully saturated rings. The van der Waals surface area contributed by atoms with Crippen molar-refractivity contribution in [2.24, 2.45) is 0 Å². The summed E-state index contributed by atoms with van der Waals surface area (Å²) in [6.45, 7) is 0. The van der Waals surface area contributed by atoms with Gasteiger partial charge in [0, 0.05) is 5.56 Å². The number of hydrogen-bond acceptors (Lipinski definition) is 4. The van der Waals surface area contributed by atoms with Crippen LogP contribution in [0.5, 0.6) is 11.5 Å². The molecule has 0 saturated carbocycles. The van der Waals surface area contributed by atoms with Crippen LogP contribution in [-0.4, -0.2) is 15.2 Å². The Balaban J connectivity index is 2.19. The second-order valence-corrected chi connectivity index (χ2v) is 5.19. The van der Waals surface area contributed by atoms with Gasteiger partial charge in [0.25, 0.3) is 0 Å². The molecule has 1 heterocycles. The maximum atomic E-state index is 9.55. The highest BCUT2D eigenvalue weighted by Crippen LogP contribution is 2.38. The van der Waals surface area contributed by atoms with Crippen LogP contribution in [0.15, 0.2) is 36.4 Å². The topological polar surface area (TPSA) is 53.4 Å². The Kier molecular flexibility index (Phi) is 2.61. The third-order valence-electron chi connectivity index (χ3n) is 2.59. The highest BCUT2D eigenvalue weighted by Gasteiger charge is 2.11. The predicted molar refractivity (Wildman–Crippen MR) is 73.4 cm³/mol. The lowest BCUT2D eigenvalue weighted by molar-refractivity contribution is 0.475. The third kappa shape index (κ3) is 1.79. The lowest BCUT2D eigenvalue weighted by atomic mass is 10.2. The number of rotatable bonds is 1. The Morgan fingerprint density at radius 1 is 1.00 bits per heavy atom. The zero-order valence-electron chi connectivity index (χ0n) is 9.09. The number of phenols is 2. The van der Waals surface area contributed by atoms with E-state index in [1.807, 2.05) is 0 Å². The minimum absolute atomic E-state index is 0.0603. The van der Waals surface area contributed by atoms with Gasteiger partial charge in [0.1, 0.15) is 21.5 Å². The van der Waals surface area contributed by atoms with Crippen LogP contribution < -0.4 is 0 Å². The summed E-state index contributed by atoms with van der Waals surface area (Å²) in [5.74, 6) is 0.278. The fourth-order valence-electron chi connectivity index (χ4n) is 1.68. The van der Waals surface area contributed by atoms with E-state index < -0.39 is 0 Å². The van der Waals surface area contributed by atoms with Gasteiger partial charge in [-0.3, -0.25) is 0 Å². The number of nitrogens with zero attached hydrogens (tertiary/aromatic N) is 1. The number of hydrogen-bond donors (Lipinski definition) is 2. The first-order chi connectivity index (χ1) is 8.65. The van der Waals surface area contributed by atoms with Crippen molar-refractivity contribution in [2.45, 2.75) is 0 Å². The molecule has 0 unspecified atom stereocenters. The predicted octanol–water partition coefficient (Wildman–Crippen LogP) is 4.03. The first-order valence-electron chi connectivity index (χ1n) is 5.22. The Morgan fingerprint density at radius 3 is 2.44 bits per heavy atom. The average molecular weight is 278 g/mol. The molecule has 0 saturated heterocycles. The number of aromatic nitrogens is 1. The molecule has 5 heteroatoms. The van der Waals surface area contributed by atoms with Crippen molar-refractivity contribution in [1.29, 1.82) is 0 Å². The van der Waals surface area contributed by atoms with Crippen molar-refractivity contribution in [3.8, 4) is 22.1 Å². The van der Waals surface area contributed by atoms with Crippen LogP contribution in [0, 0.1) is 0 Å². The van der Waals surface area contributed by atoms with Gasteiger partial charge < -0.3 is 10.2 Å². The van der Waals surface area contributed by atoms with Gasteiger partial charge in [-0.1, -0.05) is 11.6 Å². The number of thiazole rings is 1. The molecule has 2 aromatic carbocycles. The molecule has 18 heavy (non-hydrogen) atoms. The summed E-state index contributed by atoms with van der Waals surface area (Å²) < 4.78 is 0.764. The number of fused-ring (bicyclic) bond motifs is 1. The van der Waals surface area contributed by atoms with Gasteiger partial charge in [-0.05, 0) is 36.4 Å². The minimum Gasteiger partial charge on any atom is -0.508 e. The maximum Gasteiger partial charge on any atom is 0.135 e. The van der Waals surface area contributed by atoms with Gasteiger partial charge in [-0.25, -0.2) is 4.98 Å². The standard InChI is InChI=1S/C13H8ClNO2S/c14-11-10(17)6-5-9-12(11)18-13(15-9)7-1-3-8(16)4-2-7/h1-6,16-17H. The lowest BCUT2D eigenvalue weighted by Crippen LogP contribution is -1.74. The van der Waals surface area contributed by atoms with Crippen molar-refractivity contribution in [3.63, 3.8) is 0 Å². The van der Waals surface area contributed by atoms with Crippen LogP contribution in [0.1, 0.15) is 0 Å². The van der Waals surface area contributed by atoms with Crippen LogP contribution in [0.4, 0.5) is 0 Å². The summed E-state index contributed by atoms with van der Waals surface area (Å²) in [4.78, 5) is 4.46. The van der Waals surface area contributed by atoms with E-state index in [4.69, 9.17) is 11.6 Å². The number of phenolic OH excluding ortho intramolecular Hbond substituents is 2. The van der Waals surface area contributed by atoms with Crippen molar-refractivity contribution in [1.82, 2.24) is 4.98 Å². The monoisotopic (exact) mass is 277 g/mol. The molecule has 0 amide bonds. The smallest absolute Gasteiger partial charge is 0.135 e. The first-order valence-corrected chi connectivity index (χ1v) is 6.42. The fraction of sp³-hybridized carbons (Fsp3) is 0. The second kappa shape index (κ2) is 4.15. The Hall–Kier alpha value is -1.78. The van der Waals surface area contributed by atoms with E-state index in [1.54, 1.807) is 30.3 Å². The zero-order chi connectivity index (χ0) is 12.7. The summed E-state index contributed by atoms with van der Waals surface area (Å²) in [5.41, 5.74) is 1.66. The normalized spacial score (nSPS) is 10.9. The van der Waals surface area contributed by atoms with Crippen molar-refractivity contribution in [3.05, 3.63) is 41.4 Å². The molecule has 3 nitrogen and oxygen atoms in total. The van der Waals surface area contributed by atoms with Crippen molar-refractivity contribution >= 4 is 33.2 Å². The van der Waals surface area contributed by atoms with Crippen LogP contribution in [0.2, 0.25) is 5.02 Å². The van der Waals surface area contributed by atoms with E-state index in [1.165, 1.54) is 17.4 Å². The summed E-state index contributed by atoms with van der Waals surface area (Å²) in [6.07, 6.45) is 0. The van der Waals surface area contributed by atoms with Gasteiger partial charge in [0.15, 0.2) is 0 Å². The van der Waals surface area contributed by atoms with Crippen LogP contribution in [0.3, 0.4) is 0 Å². The molecule has 0 aliphatic heterocycles. The van der Waals surface area contributed by atoms with Crippen LogP contribution >= 0.6 is 22.9 Å². The summed E-state index contributed by atoms with van der Waals surface area (Å²) in [7, 11) is 0. The molecule has 1 aromatic heterocycles. The van der Waals surface area contributed by atoms with E-state index in [9.17, 15) is 10.2 Å². The molecule has 90 valence electrons. The van der Waals surface area contributed by atoms with E-state index in [-0.39, 0.29) is 11.5 Å². The second-order valence-electron chi connectivity index (χ2n) is 3.81. The van der Waals surface area contributed by atoms with E-state index in [0.717, 1.165) is 20.8 Å². The maximum absolute atomic E-state index is 9.55. The summed E-state index contributed by atoms with van der Waals surface area (Å²) in [5, 5.41) is 19.9. The Morgan fingerprint density at radius 2 is 1.72 bits per heavy atom. The first kappa shape index (κ1) is 11.3. The van der Waals surface area contributed by atoms with Crippen molar-refractivity contribution < 1.29 is 10.2 Å². The van der Waals surface area contributed by atoms with Gasteiger partial charge >= 0.3 is 0 Å². The SMILES string of the molecule is Oc1ccc(-c2nc3ccc(O)c(Cl)c3s2)cc1. The molecular weight excluding hydrogens is 270 g/mol. The molecular formula is C13H8ClNO2S. The molecule has 0 radical (unpaired) electrons. The zero-order valence-corrected chi connectivity index (χ0v) is 10.7. The highest BCUT2D eigenvalue weighted by molar-refractivity contribution is 7.22. The van der Waals surface area contributed by atoms with Gasteiger partial charge in [-0.15, -0.1) is 11.3 Å². The fourth-order valence-corrected chi connectivity index (χ4v) is 2.96. The molecule has 0 bridgehead atoms. The van der Waals surface area contributed by atoms with Crippen LogP contribution in [0.25, 0.3) is 20.8 Å². The number of benzene rings is 2. The Labute approximate surface area is 112 Å². The molecule has 0 atom stereocenters. The number of aromatic hydroxyl groups is 2. The average Bonchev–Trinajstić information content (AvgIpc) is 2.80. The minimum atomic E-state index is 0.0603. The van der Waals surface area contributed by atoms with Gasteiger partial charge in [-0.2, -0.15) is 0 Å². The molecule has 0 spiro atoms. The van der Waals surface area contributed by atoms with Gasteiger partial charge in [0.05, 0.1) is 10.2 Å². The molecule has 0 aliphatic carbocycles. The molecule has 3 rings (SSSR count). The highest BCUT2D eigenvalue weighted by atomic mass is 35.5. The largest absolute Gasteiger partial charge is 0.508 e. The van der Waals surface area contributed by atoms with E-state index >= 15 is 0 Å². The quantitative estimate of drug-likeness (QED) is 0.706. The van der Waals surface area contributed by atoms with Gasteiger partial charge in [0.2, 0.25) is 0 Å². The van der Waals surface area contributed by atoms with E-state index in [0.29, 0.717) is 5.02 Å². The van der Waals surface area contributed by atoms with Crippen molar-refractivity contribution in [2.75, 3.05) is 0 Å². The van der Waals surface area contributed by atoms with E-state index in [2.05, 4.69) is 4.98 Å². The number of halogens is 1. The lowest BCUT2D eigenvalue weighted by Gasteiger charge is -1.95. The summed E-state index contributed by atoms with van der Waals surface area (Å²) >= 11 is 7.44. The van der Waals surface area contributed by atoms with Crippen LogP contribution in [-0.2, 0) is 0 Å². The molecule has 2 N–H and O–H groups in total. The summed E-state index contributed by atoms with van der Waals surface area (Å²) in [6, 6.07) is 10.1. The molecule has 3 aromatic rings.